The Hall–Kier alpha value is -1.91. The number of rotatable bonds is 6. The minimum absolute atomic E-state index is 0.0907. The second-order valence-corrected chi connectivity index (χ2v) is 6.56. The molecule has 0 aromatic heterocycles. The summed E-state index contributed by atoms with van der Waals surface area (Å²) in [6.07, 6.45) is 5.32. The molecule has 0 aliphatic heterocycles. The number of hydrogen-bond acceptors (Lipinski definition) is 4. The normalized spacial score (nSPS) is 25.3. The molecular weight excluding hydrogens is 294 g/mol. The molecule has 2 aliphatic carbocycles. The fraction of sp³-hybridized carbons (Fsp3) is 0.611. The van der Waals surface area contributed by atoms with E-state index in [-0.39, 0.29) is 5.91 Å². The largest absolute Gasteiger partial charge is 0.493 e. The molecule has 0 heterocycles. The van der Waals surface area contributed by atoms with Gasteiger partial charge in [0.25, 0.3) is 5.91 Å². The second-order valence-electron chi connectivity index (χ2n) is 6.56. The van der Waals surface area contributed by atoms with Crippen LogP contribution in [0, 0.1) is 17.8 Å². The highest BCUT2D eigenvalue weighted by atomic mass is 16.5. The fourth-order valence-electron chi connectivity index (χ4n) is 4.16. The molecular formula is C18H25NO4. The first-order valence-electron chi connectivity index (χ1n) is 8.24. The summed E-state index contributed by atoms with van der Waals surface area (Å²) in [6, 6.07) is 3.38. The standard InChI is InChI=1S/C18H25NO4/c1-21-15-8-13(9-16(22-2)17(15)23-3)18(20)19-10-14-7-11-4-5-12(14)6-11/h8-9,11-12,14H,4-7,10H2,1-3H3,(H,19,20)/t11-,12-,14+/m1/s1. The maximum Gasteiger partial charge on any atom is 0.251 e. The molecule has 5 nitrogen and oxygen atoms in total. The highest BCUT2D eigenvalue weighted by molar-refractivity contribution is 5.95. The number of amides is 1. The Kier molecular flexibility index (Phi) is 4.64. The molecule has 3 rings (SSSR count). The van der Waals surface area contributed by atoms with E-state index in [1.54, 1.807) is 33.5 Å². The molecule has 126 valence electrons. The van der Waals surface area contributed by atoms with E-state index in [0.717, 1.165) is 18.4 Å². The van der Waals surface area contributed by atoms with Gasteiger partial charge in [0.05, 0.1) is 21.3 Å². The molecule has 0 saturated heterocycles. The predicted molar refractivity (Wildman–Crippen MR) is 87.4 cm³/mol. The highest BCUT2D eigenvalue weighted by Crippen LogP contribution is 2.48. The molecule has 2 aliphatic rings. The van der Waals surface area contributed by atoms with Gasteiger partial charge in [0.15, 0.2) is 11.5 Å². The lowest BCUT2D eigenvalue weighted by atomic mass is 9.89. The van der Waals surface area contributed by atoms with Crippen LogP contribution in [0.15, 0.2) is 12.1 Å². The molecule has 23 heavy (non-hydrogen) atoms. The Morgan fingerprint density at radius 1 is 1.09 bits per heavy atom. The predicted octanol–water partition coefficient (Wildman–Crippen LogP) is 2.88. The van der Waals surface area contributed by atoms with Gasteiger partial charge in [0, 0.05) is 12.1 Å². The van der Waals surface area contributed by atoms with Crippen LogP contribution in [0.5, 0.6) is 17.2 Å². The summed E-state index contributed by atoms with van der Waals surface area (Å²) in [5.41, 5.74) is 0.530. The van der Waals surface area contributed by atoms with E-state index in [0.29, 0.717) is 28.7 Å². The monoisotopic (exact) mass is 319 g/mol. The van der Waals surface area contributed by atoms with Crippen LogP contribution in [0.1, 0.15) is 36.0 Å². The van der Waals surface area contributed by atoms with Crippen LogP contribution in [0.4, 0.5) is 0 Å². The van der Waals surface area contributed by atoms with Crippen LogP contribution in [-0.2, 0) is 0 Å². The summed E-state index contributed by atoms with van der Waals surface area (Å²) >= 11 is 0. The van der Waals surface area contributed by atoms with Crippen LogP contribution in [0.2, 0.25) is 0 Å². The second kappa shape index (κ2) is 6.69. The van der Waals surface area contributed by atoms with Crippen molar-refractivity contribution in [1.29, 1.82) is 0 Å². The first kappa shape index (κ1) is 16.0. The number of hydrogen-bond donors (Lipinski definition) is 1. The summed E-state index contributed by atoms with van der Waals surface area (Å²) in [4.78, 5) is 12.5. The first-order valence-corrected chi connectivity index (χ1v) is 8.24. The van der Waals surface area contributed by atoms with E-state index >= 15 is 0 Å². The smallest absolute Gasteiger partial charge is 0.251 e. The topological polar surface area (TPSA) is 56.8 Å². The molecule has 0 radical (unpaired) electrons. The van der Waals surface area contributed by atoms with Crippen molar-refractivity contribution in [2.45, 2.75) is 25.7 Å². The quantitative estimate of drug-likeness (QED) is 0.876. The Bertz CT molecular complexity index is 561. The molecule has 2 bridgehead atoms. The molecule has 1 aromatic carbocycles. The van der Waals surface area contributed by atoms with Gasteiger partial charge in [-0.1, -0.05) is 6.42 Å². The maximum atomic E-state index is 12.5. The van der Waals surface area contributed by atoms with Gasteiger partial charge in [-0.25, -0.2) is 0 Å². The van der Waals surface area contributed by atoms with Crippen molar-refractivity contribution >= 4 is 5.91 Å². The third-order valence-electron chi connectivity index (χ3n) is 5.34. The first-order chi connectivity index (χ1) is 11.2. The zero-order chi connectivity index (χ0) is 16.4. The number of ether oxygens (including phenoxy) is 3. The van der Waals surface area contributed by atoms with E-state index in [9.17, 15) is 4.79 Å². The van der Waals surface area contributed by atoms with Crippen molar-refractivity contribution in [3.05, 3.63) is 17.7 Å². The van der Waals surface area contributed by atoms with Crippen molar-refractivity contribution in [3.8, 4) is 17.2 Å². The van der Waals surface area contributed by atoms with Crippen LogP contribution < -0.4 is 19.5 Å². The Morgan fingerprint density at radius 2 is 1.78 bits per heavy atom. The zero-order valence-electron chi connectivity index (χ0n) is 14.1. The molecule has 0 unspecified atom stereocenters. The number of methoxy groups -OCH3 is 3. The van der Waals surface area contributed by atoms with Crippen LogP contribution in [-0.4, -0.2) is 33.8 Å². The molecule has 2 fully saturated rings. The number of nitrogens with one attached hydrogen (secondary N) is 1. The van der Waals surface area contributed by atoms with Gasteiger partial charge >= 0.3 is 0 Å². The van der Waals surface area contributed by atoms with Gasteiger partial charge in [-0.3, -0.25) is 4.79 Å². The summed E-state index contributed by atoms with van der Waals surface area (Å²) in [5, 5.41) is 3.07. The van der Waals surface area contributed by atoms with E-state index in [4.69, 9.17) is 14.2 Å². The van der Waals surface area contributed by atoms with E-state index < -0.39 is 0 Å². The Morgan fingerprint density at radius 3 is 2.26 bits per heavy atom. The van der Waals surface area contributed by atoms with Crippen LogP contribution in [0.3, 0.4) is 0 Å². The molecule has 1 aromatic rings. The third kappa shape index (κ3) is 3.09. The molecule has 0 spiro atoms. The molecule has 1 amide bonds. The van der Waals surface area contributed by atoms with Crippen LogP contribution in [0.25, 0.3) is 0 Å². The van der Waals surface area contributed by atoms with Gasteiger partial charge < -0.3 is 19.5 Å². The van der Waals surface area contributed by atoms with Gasteiger partial charge in [0.2, 0.25) is 5.75 Å². The molecule has 1 N–H and O–H groups in total. The molecule has 3 atom stereocenters. The lowest BCUT2D eigenvalue weighted by Crippen LogP contribution is -2.31. The summed E-state index contributed by atoms with van der Waals surface area (Å²) < 4.78 is 15.9. The Labute approximate surface area is 137 Å². The SMILES string of the molecule is COc1cc(C(=O)NC[C@@H]2C[C@@H]3CC[C@@H]2C3)cc(OC)c1OC. The lowest BCUT2D eigenvalue weighted by molar-refractivity contribution is 0.0941. The summed E-state index contributed by atoms with van der Waals surface area (Å²) in [5.74, 6) is 3.74. The summed E-state index contributed by atoms with van der Waals surface area (Å²) in [7, 11) is 4.65. The average Bonchev–Trinajstić information content (AvgIpc) is 3.21. The lowest BCUT2D eigenvalue weighted by Gasteiger charge is -2.22. The fourth-order valence-corrected chi connectivity index (χ4v) is 4.16. The Balaban J connectivity index is 1.69. The third-order valence-corrected chi connectivity index (χ3v) is 5.34. The van der Waals surface area contributed by atoms with Gasteiger partial charge in [0.1, 0.15) is 0 Å². The van der Waals surface area contributed by atoms with Crippen molar-refractivity contribution in [2.24, 2.45) is 17.8 Å². The van der Waals surface area contributed by atoms with Gasteiger partial charge in [-0.05, 0) is 49.1 Å². The minimum Gasteiger partial charge on any atom is -0.493 e. The van der Waals surface area contributed by atoms with Crippen molar-refractivity contribution in [2.75, 3.05) is 27.9 Å². The van der Waals surface area contributed by atoms with E-state index in [1.165, 1.54) is 25.7 Å². The van der Waals surface area contributed by atoms with Gasteiger partial charge in [-0.2, -0.15) is 0 Å². The van der Waals surface area contributed by atoms with E-state index in [2.05, 4.69) is 5.32 Å². The van der Waals surface area contributed by atoms with E-state index in [1.807, 2.05) is 0 Å². The number of benzene rings is 1. The summed E-state index contributed by atoms with van der Waals surface area (Å²) in [6.45, 7) is 0.761. The number of fused-ring (bicyclic) bond motifs is 2. The number of carbonyl (C=O) groups excluding carboxylic acids is 1. The molecule has 2 saturated carbocycles. The van der Waals surface area contributed by atoms with Crippen molar-refractivity contribution in [3.63, 3.8) is 0 Å². The van der Waals surface area contributed by atoms with Crippen molar-refractivity contribution < 1.29 is 19.0 Å². The number of carbonyl (C=O) groups is 1. The zero-order valence-corrected chi connectivity index (χ0v) is 14.1. The van der Waals surface area contributed by atoms with Gasteiger partial charge in [-0.15, -0.1) is 0 Å². The maximum absolute atomic E-state index is 12.5. The van der Waals surface area contributed by atoms with Crippen LogP contribution >= 0.6 is 0 Å². The average molecular weight is 319 g/mol. The van der Waals surface area contributed by atoms with Crippen molar-refractivity contribution in [1.82, 2.24) is 5.32 Å². The highest BCUT2D eigenvalue weighted by Gasteiger charge is 2.39. The minimum atomic E-state index is -0.0907. The molecule has 5 heteroatoms.